The number of para-hydroxylation sites is 1. The number of hydrogen-bond donors (Lipinski definition) is 2. The maximum absolute atomic E-state index is 13.6. The summed E-state index contributed by atoms with van der Waals surface area (Å²) in [7, 11) is -3.77. The average molecular weight is 452 g/mol. The summed E-state index contributed by atoms with van der Waals surface area (Å²) in [6, 6.07) is 11.3. The number of halogens is 1. The van der Waals surface area contributed by atoms with Crippen LogP contribution in [-0.2, 0) is 13.6 Å². The predicted octanol–water partition coefficient (Wildman–Crippen LogP) is 5.84. The molecule has 2 aromatic carbocycles. The molecule has 3 aromatic rings. The van der Waals surface area contributed by atoms with Crippen molar-refractivity contribution in [1.29, 1.82) is 0 Å². The van der Waals surface area contributed by atoms with Crippen LogP contribution >= 0.6 is 19.2 Å². The number of phenolic OH excluding ortho intramolecular Hbond substituents is 1. The lowest BCUT2D eigenvalue weighted by molar-refractivity contribution is 0.213. The lowest BCUT2D eigenvalue weighted by Gasteiger charge is -2.28. The summed E-state index contributed by atoms with van der Waals surface area (Å²) in [4.78, 5) is 11.8. The van der Waals surface area contributed by atoms with Crippen LogP contribution in [0.4, 0.5) is 5.69 Å². The van der Waals surface area contributed by atoms with Gasteiger partial charge in [-0.15, -0.1) is 0 Å². The molecule has 0 bridgehead atoms. The van der Waals surface area contributed by atoms with Gasteiger partial charge in [0, 0.05) is 28.8 Å². The van der Waals surface area contributed by atoms with Crippen molar-refractivity contribution < 1.29 is 23.1 Å². The fraction of sp³-hybridized carbons (Fsp3) is 0.286. The summed E-state index contributed by atoms with van der Waals surface area (Å²) >= 11 is 6.08. The second-order valence-corrected chi connectivity index (χ2v) is 9.08. The van der Waals surface area contributed by atoms with Gasteiger partial charge in [0.15, 0.2) is 5.78 Å². The Morgan fingerprint density at radius 2 is 1.87 bits per heavy atom. The molecule has 0 amide bonds. The summed E-state index contributed by atoms with van der Waals surface area (Å²) in [6.45, 7) is 5.50. The topological polar surface area (TPSA) is 98.0 Å². The molecule has 0 aliphatic heterocycles. The minimum Gasteiger partial charge on any atom is -0.506 e. The second kappa shape index (κ2) is 9.23. The predicted molar refractivity (Wildman–Crippen MR) is 118 cm³/mol. The Balaban J connectivity index is 2.13. The van der Waals surface area contributed by atoms with E-state index in [4.69, 9.17) is 25.1 Å². The van der Waals surface area contributed by atoms with Crippen LogP contribution in [0, 0.1) is 6.92 Å². The first-order valence-corrected chi connectivity index (χ1v) is 11.4. The van der Waals surface area contributed by atoms with Crippen molar-refractivity contribution in [2.24, 2.45) is 0 Å². The van der Waals surface area contributed by atoms with Crippen molar-refractivity contribution in [3.63, 3.8) is 0 Å². The molecule has 1 heterocycles. The lowest BCUT2D eigenvalue weighted by atomic mass is 10.1. The van der Waals surface area contributed by atoms with Crippen LogP contribution in [0.5, 0.6) is 5.75 Å². The summed E-state index contributed by atoms with van der Waals surface area (Å²) in [5, 5.41) is 14.5. The molecule has 0 aliphatic carbocycles. The van der Waals surface area contributed by atoms with Crippen molar-refractivity contribution >= 4 is 35.9 Å². The molecule has 1 atom stereocenters. The molecule has 1 aromatic heterocycles. The van der Waals surface area contributed by atoms with Gasteiger partial charge < -0.3 is 23.9 Å². The van der Waals surface area contributed by atoms with Gasteiger partial charge in [-0.1, -0.05) is 23.7 Å². The Labute approximate surface area is 179 Å². The highest BCUT2D eigenvalue weighted by Crippen LogP contribution is 2.62. The first-order chi connectivity index (χ1) is 14.3. The van der Waals surface area contributed by atoms with E-state index in [9.17, 15) is 14.5 Å². The Hall–Kier alpha value is -2.31. The molecular formula is C21H23ClNO6P. The fourth-order valence-electron chi connectivity index (χ4n) is 3.20. The highest BCUT2D eigenvalue weighted by Gasteiger charge is 2.39. The molecule has 0 aliphatic rings. The van der Waals surface area contributed by atoms with E-state index in [2.05, 4.69) is 5.32 Å². The minimum atomic E-state index is -3.77. The van der Waals surface area contributed by atoms with E-state index in [0.717, 1.165) is 10.9 Å². The zero-order chi connectivity index (χ0) is 21.9. The Bertz CT molecular complexity index is 1150. The van der Waals surface area contributed by atoms with E-state index < -0.39 is 19.0 Å². The number of aromatic hydroxyl groups is 1. The summed E-state index contributed by atoms with van der Waals surface area (Å²) in [5.74, 6) is -1.27. The van der Waals surface area contributed by atoms with Crippen molar-refractivity contribution in [1.82, 2.24) is 0 Å². The standard InChI is InChI=1S/C21H23ClNO6P/c1-4-27-30(26,28-5-2)21(16-7-6-8-17(22)20(16)25)23-14-9-10-15-13(3)11-19(24)29-18(15)12-14/h6-12,21,23,25H,4-5H2,1-3H3. The number of rotatable bonds is 8. The zero-order valence-electron chi connectivity index (χ0n) is 16.8. The molecule has 0 fully saturated rings. The molecule has 160 valence electrons. The van der Waals surface area contributed by atoms with Crippen LogP contribution in [0.2, 0.25) is 5.02 Å². The number of phenols is 1. The normalized spacial score (nSPS) is 12.8. The maximum Gasteiger partial charge on any atom is 0.357 e. The molecule has 7 nitrogen and oxygen atoms in total. The lowest BCUT2D eigenvalue weighted by Crippen LogP contribution is -2.15. The van der Waals surface area contributed by atoms with Crippen LogP contribution < -0.4 is 10.9 Å². The van der Waals surface area contributed by atoms with Crippen molar-refractivity contribution in [2.75, 3.05) is 18.5 Å². The molecule has 1 unspecified atom stereocenters. The fourth-order valence-corrected chi connectivity index (χ4v) is 5.33. The van der Waals surface area contributed by atoms with E-state index in [-0.39, 0.29) is 29.5 Å². The SMILES string of the molecule is CCOP(=O)(OCC)C(Nc1ccc2c(C)cc(=O)oc2c1)c1cccc(Cl)c1O. The van der Waals surface area contributed by atoms with E-state index in [0.29, 0.717) is 11.3 Å². The summed E-state index contributed by atoms with van der Waals surface area (Å²) in [6.07, 6.45) is 0. The van der Waals surface area contributed by atoms with E-state index in [1.807, 2.05) is 6.92 Å². The second-order valence-electron chi connectivity index (χ2n) is 6.56. The number of anilines is 1. The van der Waals surface area contributed by atoms with Crippen molar-refractivity contribution in [2.45, 2.75) is 26.6 Å². The first-order valence-electron chi connectivity index (χ1n) is 9.46. The van der Waals surface area contributed by atoms with Gasteiger partial charge in [0.25, 0.3) is 0 Å². The third-order valence-corrected chi connectivity index (χ3v) is 7.08. The smallest absolute Gasteiger partial charge is 0.357 e. The zero-order valence-corrected chi connectivity index (χ0v) is 18.5. The third kappa shape index (κ3) is 4.55. The Morgan fingerprint density at radius 3 is 2.53 bits per heavy atom. The van der Waals surface area contributed by atoms with E-state index in [1.165, 1.54) is 12.1 Å². The van der Waals surface area contributed by atoms with Gasteiger partial charge >= 0.3 is 13.2 Å². The van der Waals surface area contributed by atoms with Gasteiger partial charge in [-0.3, -0.25) is 4.57 Å². The monoisotopic (exact) mass is 451 g/mol. The largest absolute Gasteiger partial charge is 0.506 e. The van der Waals surface area contributed by atoms with Gasteiger partial charge in [-0.05, 0) is 44.5 Å². The number of hydrogen-bond acceptors (Lipinski definition) is 7. The number of aryl methyl sites for hydroxylation is 1. The molecule has 0 spiro atoms. The third-order valence-electron chi connectivity index (χ3n) is 4.50. The average Bonchev–Trinajstić information content (AvgIpc) is 2.68. The molecule has 2 N–H and O–H groups in total. The van der Waals surface area contributed by atoms with Crippen LogP contribution in [0.25, 0.3) is 11.0 Å². The van der Waals surface area contributed by atoms with Gasteiger partial charge in [0.05, 0.1) is 18.2 Å². The van der Waals surface area contributed by atoms with Crippen LogP contribution in [0.15, 0.2) is 51.7 Å². The Morgan fingerprint density at radius 1 is 1.17 bits per heavy atom. The quantitative estimate of drug-likeness (QED) is 0.328. The van der Waals surface area contributed by atoms with Crippen molar-refractivity contribution in [3.05, 3.63) is 69.0 Å². The molecular weight excluding hydrogens is 429 g/mol. The Kier molecular flexibility index (Phi) is 6.88. The maximum atomic E-state index is 13.6. The summed E-state index contributed by atoms with van der Waals surface area (Å²) < 4.78 is 30.0. The van der Waals surface area contributed by atoms with Gasteiger partial charge in [0.1, 0.15) is 11.3 Å². The molecule has 0 radical (unpaired) electrons. The van der Waals surface area contributed by atoms with Crippen LogP contribution in [0.1, 0.15) is 30.8 Å². The van der Waals surface area contributed by atoms with E-state index >= 15 is 0 Å². The van der Waals surface area contributed by atoms with Gasteiger partial charge in [-0.25, -0.2) is 4.79 Å². The molecule has 0 saturated carbocycles. The number of fused-ring (bicyclic) bond motifs is 1. The molecule has 9 heteroatoms. The number of nitrogens with one attached hydrogen (secondary N) is 1. The first kappa shape index (κ1) is 22.4. The highest BCUT2D eigenvalue weighted by molar-refractivity contribution is 7.54. The molecule has 30 heavy (non-hydrogen) atoms. The molecule has 3 rings (SSSR count). The van der Waals surface area contributed by atoms with Gasteiger partial charge in [-0.2, -0.15) is 0 Å². The van der Waals surface area contributed by atoms with Crippen LogP contribution in [-0.4, -0.2) is 18.3 Å². The van der Waals surface area contributed by atoms with Crippen molar-refractivity contribution in [3.8, 4) is 5.75 Å². The molecule has 0 saturated heterocycles. The number of benzene rings is 2. The van der Waals surface area contributed by atoms with E-state index in [1.54, 1.807) is 44.2 Å². The van der Waals surface area contributed by atoms with Gasteiger partial charge in [0.2, 0.25) is 0 Å². The summed E-state index contributed by atoms with van der Waals surface area (Å²) in [5.41, 5.74) is 1.46. The highest BCUT2D eigenvalue weighted by atomic mass is 35.5. The van der Waals surface area contributed by atoms with Crippen LogP contribution in [0.3, 0.4) is 0 Å². The minimum absolute atomic E-state index is 0.110.